The van der Waals surface area contributed by atoms with Crippen LogP contribution in [0.15, 0.2) is 48.5 Å². The number of benzene rings is 2. The predicted molar refractivity (Wildman–Crippen MR) is 114 cm³/mol. The highest BCUT2D eigenvalue weighted by Gasteiger charge is 2.18. The standard InChI is InChI=1S/C21H28N2O5S/c1-5-20(21(24)22-15-14-16-6-10-18(27-3)11-7-16)28-19-12-8-17(9-13-19)23(2)29(4,25)26/h6-13,20H,5,14-15H2,1-4H3,(H,22,24)/t20-/m0/s1. The van der Waals surface area contributed by atoms with Crippen LogP contribution in [0.3, 0.4) is 0 Å². The van der Waals surface area contributed by atoms with Crippen molar-refractivity contribution in [3.63, 3.8) is 0 Å². The molecule has 0 aliphatic heterocycles. The molecule has 2 aromatic carbocycles. The van der Waals surface area contributed by atoms with Crippen molar-refractivity contribution in [3.05, 3.63) is 54.1 Å². The number of nitrogens with zero attached hydrogens (tertiary/aromatic N) is 1. The zero-order valence-corrected chi connectivity index (χ0v) is 18.0. The third-order valence-corrected chi connectivity index (χ3v) is 5.72. The molecule has 2 rings (SSSR count). The van der Waals surface area contributed by atoms with Gasteiger partial charge in [-0.1, -0.05) is 19.1 Å². The molecule has 0 radical (unpaired) electrons. The van der Waals surface area contributed by atoms with E-state index in [2.05, 4.69) is 5.32 Å². The Kier molecular flexibility index (Phi) is 7.90. The maximum Gasteiger partial charge on any atom is 0.261 e. The summed E-state index contributed by atoms with van der Waals surface area (Å²) >= 11 is 0. The van der Waals surface area contributed by atoms with Crippen molar-refractivity contribution >= 4 is 21.6 Å². The average Bonchev–Trinajstić information content (AvgIpc) is 2.71. The molecule has 0 bridgehead atoms. The van der Waals surface area contributed by atoms with Gasteiger partial charge in [0.1, 0.15) is 11.5 Å². The lowest BCUT2D eigenvalue weighted by Gasteiger charge is -2.19. The lowest BCUT2D eigenvalue weighted by atomic mass is 10.1. The summed E-state index contributed by atoms with van der Waals surface area (Å²) in [5.74, 6) is 1.12. The van der Waals surface area contributed by atoms with E-state index in [4.69, 9.17) is 9.47 Å². The Balaban J connectivity index is 1.88. The van der Waals surface area contributed by atoms with Crippen LogP contribution in [-0.4, -0.2) is 47.4 Å². The minimum atomic E-state index is -3.33. The molecule has 158 valence electrons. The maximum absolute atomic E-state index is 12.4. The first-order valence-corrected chi connectivity index (χ1v) is 11.2. The number of ether oxygens (including phenoxy) is 2. The first-order valence-electron chi connectivity index (χ1n) is 9.36. The lowest BCUT2D eigenvalue weighted by Crippen LogP contribution is -2.38. The van der Waals surface area contributed by atoms with Crippen molar-refractivity contribution in [1.29, 1.82) is 0 Å². The minimum Gasteiger partial charge on any atom is -0.497 e. The van der Waals surface area contributed by atoms with E-state index in [1.807, 2.05) is 31.2 Å². The fourth-order valence-corrected chi connectivity index (χ4v) is 3.15. The molecular weight excluding hydrogens is 392 g/mol. The monoisotopic (exact) mass is 420 g/mol. The molecule has 0 fully saturated rings. The lowest BCUT2D eigenvalue weighted by molar-refractivity contribution is -0.128. The third kappa shape index (κ3) is 6.67. The van der Waals surface area contributed by atoms with E-state index in [1.165, 1.54) is 11.4 Å². The summed E-state index contributed by atoms with van der Waals surface area (Å²) in [5.41, 5.74) is 1.63. The van der Waals surface area contributed by atoms with E-state index < -0.39 is 16.1 Å². The molecule has 0 unspecified atom stereocenters. The van der Waals surface area contributed by atoms with Crippen molar-refractivity contribution in [1.82, 2.24) is 5.32 Å². The molecule has 1 amide bonds. The number of rotatable bonds is 10. The highest BCUT2D eigenvalue weighted by Crippen LogP contribution is 2.21. The Morgan fingerprint density at radius 3 is 2.17 bits per heavy atom. The smallest absolute Gasteiger partial charge is 0.261 e. The van der Waals surface area contributed by atoms with Gasteiger partial charge in [-0.15, -0.1) is 0 Å². The van der Waals surface area contributed by atoms with Crippen LogP contribution in [0.4, 0.5) is 5.69 Å². The van der Waals surface area contributed by atoms with Crippen LogP contribution >= 0.6 is 0 Å². The molecule has 0 spiro atoms. The predicted octanol–water partition coefficient (Wildman–Crippen LogP) is 2.61. The topological polar surface area (TPSA) is 84.9 Å². The SMILES string of the molecule is CC[C@H](Oc1ccc(N(C)S(C)(=O)=O)cc1)C(=O)NCCc1ccc(OC)cc1. The summed E-state index contributed by atoms with van der Waals surface area (Å²) in [5, 5.41) is 2.90. The Labute approximate surface area is 172 Å². The van der Waals surface area contributed by atoms with E-state index in [0.717, 1.165) is 17.6 Å². The number of sulfonamides is 1. The Morgan fingerprint density at radius 2 is 1.66 bits per heavy atom. The third-order valence-electron chi connectivity index (χ3n) is 4.51. The average molecular weight is 421 g/mol. The second-order valence-electron chi connectivity index (χ2n) is 6.63. The largest absolute Gasteiger partial charge is 0.497 e. The van der Waals surface area contributed by atoms with Gasteiger partial charge < -0.3 is 14.8 Å². The van der Waals surface area contributed by atoms with Crippen molar-refractivity contribution < 1.29 is 22.7 Å². The van der Waals surface area contributed by atoms with Crippen LogP contribution in [0.1, 0.15) is 18.9 Å². The molecule has 0 aliphatic carbocycles. The summed E-state index contributed by atoms with van der Waals surface area (Å²) in [4.78, 5) is 12.4. The van der Waals surface area contributed by atoms with Gasteiger partial charge in [0, 0.05) is 13.6 Å². The summed E-state index contributed by atoms with van der Waals surface area (Å²) in [6.07, 6.45) is 1.74. The molecule has 1 atom stereocenters. The van der Waals surface area contributed by atoms with Gasteiger partial charge in [-0.2, -0.15) is 0 Å². The van der Waals surface area contributed by atoms with E-state index in [-0.39, 0.29) is 5.91 Å². The van der Waals surface area contributed by atoms with Crippen molar-refractivity contribution in [3.8, 4) is 11.5 Å². The number of anilines is 1. The van der Waals surface area contributed by atoms with Crippen molar-refractivity contribution in [2.24, 2.45) is 0 Å². The fourth-order valence-electron chi connectivity index (χ4n) is 2.65. The zero-order valence-electron chi connectivity index (χ0n) is 17.2. The molecule has 2 aromatic rings. The molecular formula is C21H28N2O5S. The number of amides is 1. The van der Waals surface area contributed by atoms with Crippen molar-refractivity contribution in [2.45, 2.75) is 25.9 Å². The normalized spacial score (nSPS) is 12.1. The molecule has 0 aromatic heterocycles. The Hall–Kier alpha value is -2.74. The van der Waals surface area contributed by atoms with Gasteiger partial charge >= 0.3 is 0 Å². The first-order chi connectivity index (χ1) is 13.7. The van der Waals surface area contributed by atoms with Gasteiger partial charge in [-0.3, -0.25) is 9.10 Å². The van der Waals surface area contributed by atoms with Crippen LogP contribution in [0, 0.1) is 0 Å². The maximum atomic E-state index is 12.4. The number of hydrogen-bond donors (Lipinski definition) is 1. The fraction of sp³-hybridized carbons (Fsp3) is 0.381. The highest BCUT2D eigenvalue weighted by atomic mass is 32.2. The molecule has 0 aliphatic rings. The molecule has 7 nitrogen and oxygen atoms in total. The van der Waals surface area contributed by atoms with Crippen LogP contribution in [-0.2, 0) is 21.2 Å². The molecule has 0 saturated heterocycles. The molecule has 29 heavy (non-hydrogen) atoms. The zero-order chi connectivity index (χ0) is 21.4. The van der Waals surface area contributed by atoms with E-state index in [1.54, 1.807) is 31.4 Å². The number of hydrogen-bond acceptors (Lipinski definition) is 5. The van der Waals surface area contributed by atoms with Gasteiger partial charge in [0.2, 0.25) is 10.0 Å². The van der Waals surface area contributed by atoms with Crippen LogP contribution < -0.4 is 19.1 Å². The van der Waals surface area contributed by atoms with Gasteiger partial charge in [0.15, 0.2) is 6.10 Å². The number of nitrogens with one attached hydrogen (secondary N) is 1. The summed E-state index contributed by atoms with van der Waals surface area (Å²) < 4.78 is 35.3. The molecule has 0 saturated carbocycles. The quantitative estimate of drug-likeness (QED) is 0.639. The summed E-state index contributed by atoms with van der Waals surface area (Å²) in [7, 11) is -0.221. The van der Waals surface area contributed by atoms with Crippen LogP contribution in [0.2, 0.25) is 0 Å². The van der Waals surface area contributed by atoms with Gasteiger partial charge in [-0.25, -0.2) is 8.42 Å². The summed E-state index contributed by atoms with van der Waals surface area (Å²) in [6.45, 7) is 2.38. The van der Waals surface area contributed by atoms with Gasteiger partial charge in [-0.05, 0) is 54.8 Å². The van der Waals surface area contributed by atoms with Crippen molar-refractivity contribution in [2.75, 3.05) is 31.3 Å². The summed E-state index contributed by atoms with van der Waals surface area (Å²) in [6, 6.07) is 14.3. The van der Waals surface area contributed by atoms with Crippen LogP contribution in [0.25, 0.3) is 0 Å². The minimum absolute atomic E-state index is 0.182. The highest BCUT2D eigenvalue weighted by molar-refractivity contribution is 7.92. The number of carbonyl (C=O) groups is 1. The second kappa shape index (κ2) is 10.2. The van der Waals surface area contributed by atoms with Crippen LogP contribution in [0.5, 0.6) is 11.5 Å². The van der Waals surface area contributed by atoms with Gasteiger partial charge in [0.05, 0.1) is 19.1 Å². The molecule has 0 heterocycles. The number of carbonyl (C=O) groups excluding carboxylic acids is 1. The van der Waals surface area contributed by atoms with E-state index in [0.29, 0.717) is 30.8 Å². The Bertz CT molecular complexity index is 896. The number of methoxy groups -OCH3 is 1. The molecule has 1 N–H and O–H groups in total. The molecule has 8 heteroatoms. The van der Waals surface area contributed by atoms with Gasteiger partial charge in [0.25, 0.3) is 5.91 Å². The second-order valence-corrected chi connectivity index (χ2v) is 8.64. The first kappa shape index (κ1) is 22.5. The van der Waals surface area contributed by atoms with E-state index in [9.17, 15) is 13.2 Å². The van der Waals surface area contributed by atoms with E-state index >= 15 is 0 Å². The Morgan fingerprint density at radius 1 is 1.07 bits per heavy atom.